The molecule has 8 nitrogen and oxygen atoms in total. The summed E-state index contributed by atoms with van der Waals surface area (Å²) in [6.45, 7) is 1.74. The zero-order valence-electron chi connectivity index (χ0n) is 15.6. The number of para-hydroxylation sites is 1. The van der Waals surface area contributed by atoms with Gasteiger partial charge >= 0.3 is 0 Å². The van der Waals surface area contributed by atoms with Crippen LogP contribution in [-0.4, -0.2) is 25.6 Å². The summed E-state index contributed by atoms with van der Waals surface area (Å²) < 4.78 is 1.70. The number of hydrogen-bond acceptors (Lipinski definition) is 6. The predicted molar refractivity (Wildman–Crippen MR) is 111 cm³/mol. The van der Waals surface area contributed by atoms with Gasteiger partial charge in [-0.2, -0.15) is 0 Å². The van der Waals surface area contributed by atoms with E-state index in [-0.39, 0.29) is 23.2 Å². The van der Waals surface area contributed by atoms with E-state index in [9.17, 15) is 19.7 Å². The molecule has 1 unspecified atom stereocenters. The highest BCUT2D eigenvalue weighted by Gasteiger charge is 2.30. The molecule has 0 spiro atoms. The molecule has 1 saturated carbocycles. The summed E-state index contributed by atoms with van der Waals surface area (Å²) in [6, 6.07) is 13.0. The summed E-state index contributed by atoms with van der Waals surface area (Å²) in [5, 5.41) is 14.1. The van der Waals surface area contributed by atoms with Gasteiger partial charge in [-0.05, 0) is 44.0 Å². The van der Waals surface area contributed by atoms with Crippen molar-refractivity contribution >= 4 is 39.9 Å². The summed E-state index contributed by atoms with van der Waals surface area (Å²) in [5.41, 5.74) is 0.960. The number of nitrogens with one attached hydrogen (secondary N) is 1. The van der Waals surface area contributed by atoms with Gasteiger partial charge in [-0.3, -0.25) is 24.3 Å². The van der Waals surface area contributed by atoms with Gasteiger partial charge in [0.2, 0.25) is 5.91 Å². The van der Waals surface area contributed by atoms with Crippen LogP contribution in [0.5, 0.6) is 0 Å². The third-order valence-corrected chi connectivity index (χ3v) is 5.75. The van der Waals surface area contributed by atoms with Gasteiger partial charge in [-0.15, -0.1) is 0 Å². The molecule has 29 heavy (non-hydrogen) atoms. The van der Waals surface area contributed by atoms with Gasteiger partial charge in [0.1, 0.15) is 0 Å². The zero-order chi connectivity index (χ0) is 20.5. The first-order valence-electron chi connectivity index (χ1n) is 9.17. The first-order chi connectivity index (χ1) is 13.9. The van der Waals surface area contributed by atoms with E-state index in [0.717, 1.165) is 12.8 Å². The lowest BCUT2D eigenvalue weighted by Gasteiger charge is -2.16. The summed E-state index contributed by atoms with van der Waals surface area (Å²) in [5.74, 6) is -0.270. The van der Waals surface area contributed by atoms with Crippen molar-refractivity contribution in [1.29, 1.82) is 0 Å². The molecule has 1 aromatic heterocycles. The summed E-state index contributed by atoms with van der Waals surface area (Å²) in [6.07, 6.45) is 1.85. The molecule has 0 bridgehead atoms. The van der Waals surface area contributed by atoms with Gasteiger partial charge < -0.3 is 5.32 Å². The Morgan fingerprint density at radius 2 is 1.93 bits per heavy atom. The second-order valence-electron chi connectivity index (χ2n) is 6.87. The number of nitro groups is 1. The second kappa shape index (κ2) is 7.67. The molecule has 0 radical (unpaired) electrons. The van der Waals surface area contributed by atoms with Gasteiger partial charge in [-0.1, -0.05) is 23.9 Å². The number of aromatic nitrogens is 2. The van der Waals surface area contributed by atoms with Gasteiger partial charge in [0, 0.05) is 23.9 Å². The SMILES string of the molecule is CC(Sc1nc2ccccc2c(=O)n1C1CC1)C(=O)Nc1ccc([N+](=O)[O-])cc1. The standard InChI is InChI=1S/C20H18N4O4S/c1-12(18(25)21-13-6-8-15(9-7-13)24(27)28)29-20-22-17-5-3-2-4-16(17)19(26)23(20)14-10-11-14/h2-9,12,14H,10-11H2,1H3,(H,21,25). The van der Waals surface area contributed by atoms with Gasteiger partial charge in [0.25, 0.3) is 11.2 Å². The molecular formula is C20H18N4O4S. The minimum Gasteiger partial charge on any atom is -0.325 e. The van der Waals surface area contributed by atoms with Crippen LogP contribution in [0.4, 0.5) is 11.4 Å². The minimum atomic E-state index is -0.511. The minimum absolute atomic E-state index is 0.0424. The van der Waals surface area contributed by atoms with Gasteiger partial charge in [-0.25, -0.2) is 4.98 Å². The lowest BCUT2D eigenvalue weighted by atomic mass is 10.2. The third kappa shape index (κ3) is 4.00. The topological polar surface area (TPSA) is 107 Å². The molecule has 1 atom stereocenters. The average molecular weight is 410 g/mol. The molecule has 2 aromatic carbocycles. The molecule has 148 valence electrons. The van der Waals surface area contributed by atoms with Gasteiger partial charge in [0.05, 0.1) is 21.1 Å². The molecule has 1 fully saturated rings. The van der Waals surface area contributed by atoms with Crippen LogP contribution in [0.1, 0.15) is 25.8 Å². The molecule has 9 heteroatoms. The van der Waals surface area contributed by atoms with E-state index >= 15 is 0 Å². The normalized spacial score (nSPS) is 14.5. The maximum atomic E-state index is 12.9. The number of amides is 1. The highest BCUT2D eigenvalue weighted by atomic mass is 32.2. The largest absolute Gasteiger partial charge is 0.325 e. The van der Waals surface area contributed by atoms with Crippen molar-refractivity contribution in [3.8, 4) is 0 Å². The maximum Gasteiger partial charge on any atom is 0.269 e. The lowest BCUT2D eigenvalue weighted by molar-refractivity contribution is -0.384. The Balaban J connectivity index is 1.56. The van der Waals surface area contributed by atoms with Crippen LogP contribution in [-0.2, 0) is 4.79 Å². The fourth-order valence-corrected chi connectivity index (χ4v) is 3.96. The van der Waals surface area contributed by atoms with Crippen LogP contribution in [0.3, 0.4) is 0 Å². The molecule has 4 rings (SSSR count). The molecule has 1 heterocycles. The number of nitro benzene ring substituents is 1. The average Bonchev–Trinajstić information content (AvgIpc) is 3.53. The molecule has 1 amide bonds. The Morgan fingerprint density at radius 3 is 2.59 bits per heavy atom. The number of non-ortho nitro benzene ring substituents is 1. The summed E-state index contributed by atoms with van der Waals surface area (Å²) in [4.78, 5) is 40.4. The quantitative estimate of drug-likeness (QED) is 0.287. The van der Waals surface area contributed by atoms with E-state index in [2.05, 4.69) is 10.3 Å². The number of benzene rings is 2. The van der Waals surface area contributed by atoms with Gasteiger partial charge in [0.15, 0.2) is 5.16 Å². The van der Waals surface area contributed by atoms with Crippen molar-refractivity contribution in [3.05, 3.63) is 69.0 Å². The van der Waals surface area contributed by atoms with E-state index in [4.69, 9.17) is 0 Å². The number of nitrogens with zero attached hydrogens (tertiary/aromatic N) is 3. The molecule has 1 aliphatic carbocycles. The first-order valence-corrected chi connectivity index (χ1v) is 10.1. The first kappa shape index (κ1) is 19.1. The fraction of sp³-hybridized carbons (Fsp3) is 0.250. The molecular weight excluding hydrogens is 392 g/mol. The molecule has 0 aliphatic heterocycles. The van der Waals surface area contributed by atoms with Crippen molar-refractivity contribution in [2.45, 2.75) is 36.2 Å². The number of thioether (sulfide) groups is 1. The van der Waals surface area contributed by atoms with Crippen LogP contribution in [0.15, 0.2) is 58.5 Å². The summed E-state index contributed by atoms with van der Waals surface area (Å²) in [7, 11) is 0. The number of carbonyl (C=O) groups is 1. The van der Waals surface area contributed by atoms with Crippen LogP contribution in [0.25, 0.3) is 10.9 Å². The van der Waals surface area contributed by atoms with Crippen LogP contribution >= 0.6 is 11.8 Å². The highest BCUT2D eigenvalue weighted by Crippen LogP contribution is 2.37. The van der Waals surface area contributed by atoms with Crippen molar-refractivity contribution < 1.29 is 9.72 Å². The Kier molecular flexibility index (Phi) is 5.06. The number of hydrogen-bond donors (Lipinski definition) is 1. The smallest absolute Gasteiger partial charge is 0.269 e. The molecule has 3 aromatic rings. The maximum absolute atomic E-state index is 12.9. The van der Waals surface area contributed by atoms with E-state index in [1.807, 2.05) is 12.1 Å². The highest BCUT2D eigenvalue weighted by molar-refractivity contribution is 8.00. The van der Waals surface area contributed by atoms with Crippen LogP contribution in [0, 0.1) is 10.1 Å². The molecule has 1 aliphatic rings. The van der Waals surface area contributed by atoms with Crippen molar-refractivity contribution in [1.82, 2.24) is 9.55 Å². The van der Waals surface area contributed by atoms with E-state index in [0.29, 0.717) is 21.7 Å². The van der Waals surface area contributed by atoms with Crippen LogP contribution < -0.4 is 10.9 Å². The van der Waals surface area contributed by atoms with Crippen molar-refractivity contribution in [3.63, 3.8) is 0 Å². The van der Waals surface area contributed by atoms with Crippen LogP contribution in [0.2, 0.25) is 0 Å². The number of anilines is 1. The zero-order valence-corrected chi connectivity index (χ0v) is 16.4. The van der Waals surface area contributed by atoms with Crippen molar-refractivity contribution in [2.24, 2.45) is 0 Å². The number of fused-ring (bicyclic) bond motifs is 1. The predicted octanol–water partition coefficient (Wildman–Crippen LogP) is 3.76. The third-order valence-electron chi connectivity index (χ3n) is 4.68. The number of carbonyl (C=O) groups excluding carboxylic acids is 1. The van der Waals surface area contributed by atoms with E-state index < -0.39 is 10.2 Å². The van der Waals surface area contributed by atoms with E-state index in [1.165, 1.54) is 36.0 Å². The Morgan fingerprint density at radius 1 is 1.24 bits per heavy atom. The fourth-order valence-electron chi connectivity index (χ4n) is 2.99. The number of rotatable bonds is 6. The Bertz CT molecular complexity index is 1160. The summed E-state index contributed by atoms with van der Waals surface area (Å²) >= 11 is 1.23. The molecule has 1 N–H and O–H groups in total. The van der Waals surface area contributed by atoms with E-state index in [1.54, 1.807) is 23.6 Å². The Hall–Kier alpha value is -3.20. The Labute approximate surface area is 170 Å². The van der Waals surface area contributed by atoms with Crippen molar-refractivity contribution in [2.75, 3.05) is 5.32 Å². The lowest BCUT2D eigenvalue weighted by Crippen LogP contribution is -2.26. The monoisotopic (exact) mass is 410 g/mol. The second-order valence-corrected chi connectivity index (χ2v) is 8.18. The molecule has 0 saturated heterocycles.